The maximum Gasteiger partial charge on any atom is 0.161 e. The number of nitrogens with zero attached hydrogens (tertiary/aromatic N) is 1. The number of rotatable bonds is 4. The Labute approximate surface area is 167 Å². The zero-order valence-corrected chi connectivity index (χ0v) is 16.4. The minimum absolute atomic E-state index is 0.293. The van der Waals surface area contributed by atoms with Crippen LogP contribution in [0.25, 0.3) is 22.3 Å². The summed E-state index contributed by atoms with van der Waals surface area (Å²) in [5.41, 5.74) is 3.31. The molecule has 0 aliphatic heterocycles. The van der Waals surface area contributed by atoms with Gasteiger partial charge in [0.05, 0.1) is 25.3 Å². The van der Waals surface area contributed by atoms with Crippen LogP contribution in [-0.4, -0.2) is 14.2 Å². The molecule has 4 nitrogen and oxygen atoms in total. The van der Waals surface area contributed by atoms with E-state index < -0.39 is 0 Å². The lowest BCUT2D eigenvalue weighted by Crippen LogP contribution is -2.03. The summed E-state index contributed by atoms with van der Waals surface area (Å²) >= 11 is 0. The number of halogens is 1. The zero-order chi connectivity index (χ0) is 20.4. The van der Waals surface area contributed by atoms with E-state index >= 15 is 0 Å². The van der Waals surface area contributed by atoms with E-state index in [4.69, 9.17) is 18.9 Å². The van der Waals surface area contributed by atoms with E-state index in [1.165, 1.54) is 12.1 Å². The van der Waals surface area contributed by atoms with Gasteiger partial charge < -0.3 is 13.9 Å². The highest BCUT2D eigenvalue weighted by atomic mass is 19.1. The Morgan fingerprint density at radius 2 is 1.59 bits per heavy atom. The fraction of sp³-hybridized carbons (Fsp3) is 0.125. The van der Waals surface area contributed by atoms with Crippen molar-refractivity contribution in [1.82, 2.24) is 0 Å². The normalized spacial score (nSPS) is 11.7. The Kier molecular flexibility index (Phi) is 5.04. The molecule has 5 heteroatoms. The van der Waals surface area contributed by atoms with Crippen molar-refractivity contribution >= 4 is 16.7 Å². The van der Waals surface area contributed by atoms with Crippen molar-refractivity contribution in [2.75, 3.05) is 14.2 Å². The molecule has 0 aliphatic rings. The first-order valence-electron chi connectivity index (χ1n) is 9.14. The predicted molar refractivity (Wildman–Crippen MR) is 111 cm³/mol. The van der Waals surface area contributed by atoms with Crippen LogP contribution in [0.5, 0.6) is 11.5 Å². The highest BCUT2D eigenvalue weighted by molar-refractivity contribution is 5.79. The minimum Gasteiger partial charge on any atom is -0.493 e. The van der Waals surface area contributed by atoms with Gasteiger partial charge in [-0.05, 0) is 61.5 Å². The first-order valence-corrected chi connectivity index (χ1v) is 9.14. The number of benzene rings is 3. The van der Waals surface area contributed by atoms with Gasteiger partial charge in [0.25, 0.3) is 0 Å². The zero-order valence-electron chi connectivity index (χ0n) is 16.4. The predicted octanol–water partition coefficient (Wildman–Crippen LogP) is 5.80. The second kappa shape index (κ2) is 7.80. The van der Waals surface area contributed by atoms with E-state index in [0.717, 1.165) is 21.9 Å². The molecule has 0 fully saturated rings. The molecule has 1 heterocycles. The third-order valence-electron chi connectivity index (χ3n) is 4.64. The summed E-state index contributed by atoms with van der Waals surface area (Å²) in [6.45, 7) is 2.02. The molecule has 0 spiro atoms. The standard InChI is InChI=1S/C24H20FNO3/c1-15-4-10-21-19(12-15)20(26-18-8-6-17(25)7-9-18)14-23(29-21)16-5-11-22(27-2)24(13-16)28-3/h4-14H,1-3H3. The van der Waals surface area contributed by atoms with Crippen molar-refractivity contribution < 1.29 is 18.3 Å². The van der Waals surface area contributed by atoms with Crippen molar-refractivity contribution in [3.8, 4) is 22.8 Å². The van der Waals surface area contributed by atoms with Gasteiger partial charge in [0.1, 0.15) is 17.2 Å². The summed E-state index contributed by atoms with van der Waals surface area (Å²) in [5, 5.41) is 1.63. The molecule has 0 radical (unpaired) electrons. The number of ether oxygens (including phenoxy) is 2. The number of methoxy groups -OCH3 is 2. The summed E-state index contributed by atoms with van der Waals surface area (Å²) in [6, 6.07) is 19.5. The van der Waals surface area contributed by atoms with Crippen LogP contribution in [0.2, 0.25) is 0 Å². The van der Waals surface area contributed by atoms with E-state index in [1.54, 1.807) is 26.4 Å². The molecule has 0 bridgehead atoms. The molecule has 0 saturated heterocycles. The lowest BCUT2D eigenvalue weighted by atomic mass is 10.1. The molecular formula is C24H20FNO3. The number of fused-ring (bicyclic) bond motifs is 1. The quantitative estimate of drug-likeness (QED) is 0.443. The average Bonchev–Trinajstić information content (AvgIpc) is 2.75. The van der Waals surface area contributed by atoms with Crippen molar-refractivity contribution in [2.45, 2.75) is 6.92 Å². The number of hydrogen-bond donors (Lipinski definition) is 0. The van der Waals surface area contributed by atoms with Crippen LogP contribution in [0.15, 0.2) is 76.1 Å². The molecule has 146 valence electrons. The Hall–Kier alpha value is -3.60. The molecule has 3 aromatic carbocycles. The van der Waals surface area contributed by atoms with Crippen molar-refractivity contribution in [2.24, 2.45) is 4.99 Å². The number of aryl methyl sites for hydroxylation is 1. The molecule has 4 rings (SSSR count). The van der Waals surface area contributed by atoms with Gasteiger partial charge in [0.15, 0.2) is 11.5 Å². The third kappa shape index (κ3) is 3.85. The lowest BCUT2D eigenvalue weighted by Gasteiger charge is -2.10. The Balaban J connectivity index is 1.95. The van der Waals surface area contributed by atoms with Gasteiger partial charge in [0.2, 0.25) is 0 Å². The van der Waals surface area contributed by atoms with E-state index in [-0.39, 0.29) is 5.82 Å². The van der Waals surface area contributed by atoms with Crippen LogP contribution >= 0.6 is 0 Å². The van der Waals surface area contributed by atoms with E-state index in [0.29, 0.717) is 28.5 Å². The first kappa shape index (κ1) is 18.7. The van der Waals surface area contributed by atoms with Crippen LogP contribution in [0.1, 0.15) is 5.56 Å². The molecule has 0 aliphatic carbocycles. The van der Waals surface area contributed by atoms with Crippen LogP contribution in [0.3, 0.4) is 0 Å². The second-order valence-electron chi connectivity index (χ2n) is 6.65. The molecular weight excluding hydrogens is 369 g/mol. The van der Waals surface area contributed by atoms with Gasteiger partial charge >= 0.3 is 0 Å². The number of hydrogen-bond acceptors (Lipinski definition) is 4. The Morgan fingerprint density at radius 1 is 0.828 bits per heavy atom. The third-order valence-corrected chi connectivity index (χ3v) is 4.64. The van der Waals surface area contributed by atoms with Gasteiger partial charge in [-0.2, -0.15) is 0 Å². The van der Waals surface area contributed by atoms with Crippen molar-refractivity contribution in [1.29, 1.82) is 0 Å². The lowest BCUT2D eigenvalue weighted by molar-refractivity contribution is 0.355. The summed E-state index contributed by atoms with van der Waals surface area (Å²) in [7, 11) is 3.19. The molecule has 0 unspecified atom stereocenters. The molecule has 1 aromatic heterocycles. The summed E-state index contributed by atoms with van der Waals surface area (Å²) in [6.07, 6.45) is 0. The fourth-order valence-electron chi connectivity index (χ4n) is 3.16. The average molecular weight is 389 g/mol. The maximum atomic E-state index is 13.3. The molecule has 0 saturated carbocycles. The van der Waals surface area contributed by atoms with E-state index in [9.17, 15) is 4.39 Å². The first-order chi connectivity index (χ1) is 14.1. The van der Waals surface area contributed by atoms with Crippen LogP contribution in [0, 0.1) is 12.7 Å². The van der Waals surface area contributed by atoms with Gasteiger partial charge in [-0.1, -0.05) is 11.6 Å². The van der Waals surface area contributed by atoms with Gasteiger partial charge in [0, 0.05) is 17.0 Å². The molecule has 4 aromatic rings. The van der Waals surface area contributed by atoms with Crippen molar-refractivity contribution in [3.63, 3.8) is 0 Å². The van der Waals surface area contributed by atoms with Crippen LogP contribution in [-0.2, 0) is 0 Å². The smallest absolute Gasteiger partial charge is 0.161 e. The molecule has 29 heavy (non-hydrogen) atoms. The fourth-order valence-corrected chi connectivity index (χ4v) is 3.16. The van der Waals surface area contributed by atoms with Gasteiger partial charge in [-0.25, -0.2) is 9.38 Å². The highest BCUT2D eigenvalue weighted by Gasteiger charge is 2.10. The maximum absolute atomic E-state index is 13.3. The molecule has 0 atom stereocenters. The topological polar surface area (TPSA) is 44.0 Å². The summed E-state index contributed by atoms with van der Waals surface area (Å²) in [5.74, 6) is 1.60. The van der Waals surface area contributed by atoms with E-state index in [1.807, 2.05) is 49.4 Å². The SMILES string of the molecule is COc1ccc(-c2cc(=Nc3ccc(F)cc3)c3cc(C)ccc3o2)cc1OC. The van der Waals surface area contributed by atoms with Gasteiger partial charge in [-0.3, -0.25) is 0 Å². The van der Waals surface area contributed by atoms with Crippen molar-refractivity contribution in [3.05, 3.63) is 83.5 Å². The monoisotopic (exact) mass is 389 g/mol. The Bertz CT molecular complexity index is 1240. The minimum atomic E-state index is -0.293. The molecule has 0 N–H and O–H groups in total. The Morgan fingerprint density at radius 3 is 2.31 bits per heavy atom. The van der Waals surface area contributed by atoms with Crippen LogP contribution in [0.4, 0.5) is 10.1 Å². The highest BCUT2D eigenvalue weighted by Crippen LogP contribution is 2.33. The van der Waals surface area contributed by atoms with Crippen LogP contribution < -0.4 is 14.8 Å². The van der Waals surface area contributed by atoms with Gasteiger partial charge in [-0.15, -0.1) is 0 Å². The summed E-state index contributed by atoms with van der Waals surface area (Å²) in [4.78, 5) is 4.73. The van der Waals surface area contributed by atoms with E-state index in [2.05, 4.69) is 0 Å². The largest absolute Gasteiger partial charge is 0.493 e. The second-order valence-corrected chi connectivity index (χ2v) is 6.65. The molecule has 0 amide bonds. The summed E-state index contributed by atoms with van der Waals surface area (Å²) < 4.78 is 30.2.